The molecule has 0 aliphatic heterocycles. The number of aromatic nitrogens is 2. The maximum Gasteiger partial charge on any atom is 0.187 e. The van der Waals surface area contributed by atoms with Crippen LogP contribution < -0.4 is 0 Å². The first-order chi connectivity index (χ1) is 8.56. The molecule has 1 aromatic carbocycles. The molecule has 0 radical (unpaired) electrons. The number of hydrogen-bond acceptors (Lipinski definition) is 3. The Bertz CT molecular complexity index is 584. The van der Waals surface area contributed by atoms with Crippen molar-refractivity contribution in [3.8, 4) is 0 Å². The fraction of sp³-hybridized carbons (Fsp3) is 0.154. The number of carbonyl (C=O) groups excluding carboxylic acids is 1. The maximum absolute atomic E-state index is 13.1. The van der Waals surface area contributed by atoms with Crippen LogP contribution in [0.3, 0.4) is 0 Å². The highest BCUT2D eigenvalue weighted by atomic mass is 35.5. The number of aryl methyl sites for hydroxylation is 1. The number of halogens is 2. The molecule has 5 heteroatoms. The minimum Gasteiger partial charge on any atom is -0.292 e. The third-order valence-corrected chi connectivity index (χ3v) is 2.79. The molecule has 0 saturated carbocycles. The van der Waals surface area contributed by atoms with Crippen LogP contribution in [0.15, 0.2) is 30.6 Å². The van der Waals surface area contributed by atoms with Crippen molar-refractivity contribution in [2.24, 2.45) is 0 Å². The molecule has 2 rings (SSSR count). The van der Waals surface area contributed by atoms with Gasteiger partial charge in [0.2, 0.25) is 0 Å². The average molecular weight is 265 g/mol. The van der Waals surface area contributed by atoms with E-state index >= 15 is 0 Å². The van der Waals surface area contributed by atoms with Crippen molar-refractivity contribution in [2.75, 3.05) is 0 Å². The molecule has 18 heavy (non-hydrogen) atoms. The molecule has 2 aromatic rings. The summed E-state index contributed by atoms with van der Waals surface area (Å²) < 4.78 is 13.1. The van der Waals surface area contributed by atoms with Crippen molar-refractivity contribution < 1.29 is 9.18 Å². The zero-order valence-corrected chi connectivity index (χ0v) is 10.4. The molecule has 0 bridgehead atoms. The van der Waals surface area contributed by atoms with E-state index in [-0.39, 0.29) is 17.9 Å². The predicted octanol–water partition coefficient (Wildman–Crippen LogP) is 3.00. The normalized spacial score (nSPS) is 10.4. The molecule has 1 heterocycles. The zero-order chi connectivity index (χ0) is 13.1. The quantitative estimate of drug-likeness (QED) is 0.801. The van der Waals surface area contributed by atoms with E-state index < -0.39 is 5.82 Å². The first-order valence-corrected chi connectivity index (χ1v) is 5.70. The molecule has 0 unspecified atom stereocenters. The summed E-state index contributed by atoms with van der Waals surface area (Å²) in [5.74, 6) is -0.660. The van der Waals surface area contributed by atoms with Gasteiger partial charge in [0, 0.05) is 17.6 Å². The molecule has 0 saturated heterocycles. The molecule has 92 valence electrons. The van der Waals surface area contributed by atoms with E-state index in [0.29, 0.717) is 10.6 Å². The second kappa shape index (κ2) is 5.23. The molecule has 0 atom stereocenters. The Balaban J connectivity index is 2.21. The molecular formula is C13H10ClFN2O. The Morgan fingerprint density at radius 2 is 2.11 bits per heavy atom. The first kappa shape index (κ1) is 12.6. The van der Waals surface area contributed by atoms with Crippen LogP contribution >= 0.6 is 11.6 Å². The van der Waals surface area contributed by atoms with Crippen molar-refractivity contribution in [3.05, 3.63) is 58.4 Å². The standard InChI is InChI=1S/C13H10ClFN2O/c1-8-6-17-12(7-16-8)13(18)5-9-4-10(15)2-3-11(9)14/h2-4,6-7H,5H2,1H3. The number of hydrogen-bond donors (Lipinski definition) is 0. The van der Waals surface area contributed by atoms with Gasteiger partial charge in [0.15, 0.2) is 5.78 Å². The van der Waals surface area contributed by atoms with Gasteiger partial charge in [-0.05, 0) is 30.7 Å². The monoisotopic (exact) mass is 264 g/mol. The van der Waals surface area contributed by atoms with Crippen molar-refractivity contribution in [2.45, 2.75) is 13.3 Å². The Morgan fingerprint density at radius 1 is 1.33 bits per heavy atom. The lowest BCUT2D eigenvalue weighted by atomic mass is 10.1. The van der Waals surface area contributed by atoms with E-state index in [1.165, 1.54) is 30.6 Å². The van der Waals surface area contributed by atoms with Gasteiger partial charge in [0.25, 0.3) is 0 Å². The number of nitrogens with zero attached hydrogens (tertiary/aromatic N) is 2. The summed E-state index contributed by atoms with van der Waals surface area (Å²) in [6.07, 6.45) is 2.93. The number of carbonyl (C=O) groups is 1. The van der Waals surface area contributed by atoms with Crippen molar-refractivity contribution in [1.82, 2.24) is 9.97 Å². The van der Waals surface area contributed by atoms with Crippen LogP contribution in [-0.2, 0) is 6.42 Å². The number of Topliss-reactive ketones (excluding diaryl/α,β-unsaturated/α-hetero) is 1. The van der Waals surface area contributed by atoms with E-state index in [9.17, 15) is 9.18 Å². The summed E-state index contributed by atoms with van der Waals surface area (Å²) in [7, 11) is 0. The SMILES string of the molecule is Cc1cnc(C(=O)Cc2cc(F)ccc2Cl)cn1. The molecule has 1 aromatic heterocycles. The molecule has 0 spiro atoms. The second-order valence-electron chi connectivity index (χ2n) is 3.88. The van der Waals surface area contributed by atoms with E-state index in [0.717, 1.165) is 5.69 Å². The van der Waals surface area contributed by atoms with Crippen molar-refractivity contribution >= 4 is 17.4 Å². The fourth-order valence-electron chi connectivity index (χ4n) is 1.48. The first-order valence-electron chi connectivity index (χ1n) is 5.32. The van der Waals surface area contributed by atoms with Crippen LogP contribution in [0, 0.1) is 12.7 Å². The average Bonchev–Trinajstić information content (AvgIpc) is 2.34. The van der Waals surface area contributed by atoms with E-state index in [2.05, 4.69) is 9.97 Å². The molecule has 3 nitrogen and oxygen atoms in total. The molecular weight excluding hydrogens is 255 g/mol. The lowest BCUT2D eigenvalue weighted by Gasteiger charge is -2.03. The molecule has 0 fully saturated rings. The molecule has 0 aliphatic rings. The zero-order valence-electron chi connectivity index (χ0n) is 9.65. The van der Waals surface area contributed by atoms with Crippen LogP contribution in [-0.4, -0.2) is 15.8 Å². The second-order valence-corrected chi connectivity index (χ2v) is 4.29. The summed E-state index contributed by atoms with van der Waals surface area (Å²) >= 11 is 5.90. The van der Waals surface area contributed by atoms with Gasteiger partial charge in [-0.25, -0.2) is 9.37 Å². The van der Waals surface area contributed by atoms with E-state index in [1.807, 2.05) is 0 Å². The van der Waals surface area contributed by atoms with Gasteiger partial charge in [-0.2, -0.15) is 0 Å². The van der Waals surface area contributed by atoms with Gasteiger partial charge >= 0.3 is 0 Å². The summed E-state index contributed by atoms with van der Waals surface area (Å²) in [4.78, 5) is 19.9. The molecule has 0 amide bonds. The molecule has 0 aliphatic carbocycles. The maximum atomic E-state index is 13.1. The summed E-state index contributed by atoms with van der Waals surface area (Å²) in [6.45, 7) is 1.78. The predicted molar refractivity (Wildman–Crippen MR) is 66.2 cm³/mol. The lowest BCUT2D eigenvalue weighted by Crippen LogP contribution is -2.07. The van der Waals surface area contributed by atoms with Crippen LogP contribution in [0.25, 0.3) is 0 Å². The minimum atomic E-state index is -0.419. The Morgan fingerprint density at radius 3 is 2.78 bits per heavy atom. The van der Waals surface area contributed by atoms with Crippen molar-refractivity contribution in [1.29, 1.82) is 0 Å². The smallest absolute Gasteiger partial charge is 0.187 e. The highest BCUT2D eigenvalue weighted by molar-refractivity contribution is 6.31. The highest BCUT2D eigenvalue weighted by Gasteiger charge is 2.12. The lowest BCUT2D eigenvalue weighted by molar-refractivity contribution is 0.0988. The number of benzene rings is 1. The largest absolute Gasteiger partial charge is 0.292 e. The third-order valence-electron chi connectivity index (χ3n) is 2.43. The van der Waals surface area contributed by atoms with Crippen LogP contribution in [0.1, 0.15) is 21.7 Å². The fourth-order valence-corrected chi connectivity index (χ4v) is 1.66. The van der Waals surface area contributed by atoms with Gasteiger partial charge in [-0.1, -0.05) is 11.6 Å². The summed E-state index contributed by atoms with van der Waals surface area (Å²) in [6, 6.07) is 3.93. The van der Waals surface area contributed by atoms with Gasteiger partial charge < -0.3 is 0 Å². The Labute approximate surface area is 109 Å². The van der Waals surface area contributed by atoms with E-state index in [4.69, 9.17) is 11.6 Å². The van der Waals surface area contributed by atoms with Crippen molar-refractivity contribution in [3.63, 3.8) is 0 Å². The minimum absolute atomic E-state index is 0.00827. The van der Waals surface area contributed by atoms with Gasteiger partial charge in [-0.3, -0.25) is 9.78 Å². The van der Waals surface area contributed by atoms with Crippen LogP contribution in [0.4, 0.5) is 4.39 Å². The van der Waals surface area contributed by atoms with Gasteiger partial charge in [0.05, 0.1) is 11.9 Å². The molecule has 0 N–H and O–H groups in total. The summed E-state index contributed by atoms with van der Waals surface area (Å²) in [5, 5.41) is 0.366. The van der Waals surface area contributed by atoms with Crippen LogP contribution in [0.2, 0.25) is 5.02 Å². The van der Waals surface area contributed by atoms with Gasteiger partial charge in [0.1, 0.15) is 11.5 Å². The Kier molecular flexibility index (Phi) is 3.67. The number of ketones is 1. The number of rotatable bonds is 3. The van der Waals surface area contributed by atoms with E-state index in [1.54, 1.807) is 6.92 Å². The Hall–Kier alpha value is -1.81. The van der Waals surface area contributed by atoms with Crippen LogP contribution in [0.5, 0.6) is 0 Å². The third kappa shape index (κ3) is 2.90. The van der Waals surface area contributed by atoms with Gasteiger partial charge in [-0.15, -0.1) is 0 Å². The topological polar surface area (TPSA) is 42.9 Å². The highest BCUT2D eigenvalue weighted by Crippen LogP contribution is 2.18. The summed E-state index contributed by atoms with van der Waals surface area (Å²) in [5.41, 5.74) is 1.43.